The number of thioether (sulfide) groups is 1. The topological polar surface area (TPSA) is 3.24 Å². The first-order valence-corrected chi connectivity index (χ1v) is 7.43. The van der Waals surface area contributed by atoms with Crippen LogP contribution in [0.2, 0.25) is 0 Å². The van der Waals surface area contributed by atoms with Crippen molar-refractivity contribution in [3.8, 4) is 0 Å². The van der Waals surface area contributed by atoms with Crippen molar-refractivity contribution >= 4 is 17.4 Å². The molecule has 2 aromatic carbocycles. The molecule has 0 saturated carbocycles. The summed E-state index contributed by atoms with van der Waals surface area (Å²) >= 11 is 1.89. The van der Waals surface area contributed by atoms with Gasteiger partial charge in [0.1, 0.15) is 0 Å². The summed E-state index contributed by atoms with van der Waals surface area (Å²) in [5.74, 6) is 2.45. The second-order valence-corrected chi connectivity index (χ2v) is 5.87. The summed E-state index contributed by atoms with van der Waals surface area (Å²) in [5, 5.41) is 0. The number of rotatable bonds is 5. The first-order chi connectivity index (χ1) is 9.16. The van der Waals surface area contributed by atoms with Crippen molar-refractivity contribution in [1.82, 2.24) is 0 Å². The van der Waals surface area contributed by atoms with Gasteiger partial charge in [-0.2, -0.15) is 0 Å². The zero-order valence-corrected chi connectivity index (χ0v) is 12.6. The molecule has 0 aliphatic carbocycles. The maximum atomic E-state index is 2.20. The summed E-state index contributed by atoms with van der Waals surface area (Å²) in [5.41, 5.74) is 2.58. The third kappa shape index (κ3) is 4.03. The third-order valence-electron chi connectivity index (χ3n) is 3.08. The largest absolute Gasteiger partial charge is 0.378 e. The van der Waals surface area contributed by atoms with Crippen LogP contribution in [0.15, 0.2) is 59.5 Å². The van der Waals surface area contributed by atoms with Crippen LogP contribution in [0.3, 0.4) is 0 Å². The van der Waals surface area contributed by atoms with Crippen LogP contribution in [0, 0.1) is 5.92 Å². The molecule has 19 heavy (non-hydrogen) atoms. The van der Waals surface area contributed by atoms with Gasteiger partial charge in [-0.15, -0.1) is 11.8 Å². The zero-order valence-electron chi connectivity index (χ0n) is 11.8. The Morgan fingerprint density at radius 1 is 0.947 bits per heavy atom. The van der Waals surface area contributed by atoms with Crippen LogP contribution in [-0.4, -0.2) is 19.8 Å². The van der Waals surface area contributed by atoms with Crippen molar-refractivity contribution in [2.24, 2.45) is 0 Å². The summed E-state index contributed by atoms with van der Waals surface area (Å²) in [7, 11) is 4.13. The van der Waals surface area contributed by atoms with Crippen LogP contribution in [0.4, 0.5) is 5.69 Å². The summed E-state index contributed by atoms with van der Waals surface area (Å²) in [6.07, 6.45) is 0. The summed E-state index contributed by atoms with van der Waals surface area (Å²) < 4.78 is 0. The van der Waals surface area contributed by atoms with E-state index in [1.807, 2.05) is 11.8 Å². The Balaban J connectivity index is 1.92. The van der Waals surface area contributed by atoms with Crippen molar-refractivity contribution in [2.45, 2.75) is 11.8 Å². The lowest BCUT2D eigenvalue weighted by atomic mass is 10.0. The molecule has 0 unspecified atom stereocenters. The standard InChI is InChI=1S/C17H20NS/c1-14(15-7-5-4-6-8-15)13-19-17-11-9-16(10-12-17)18(2)3/h4-12H,13H2,1-3H3. The third-order valence-corrected chi connectivity index (χ3v) is 4.26. The molecular weight excluding hydrogens is 250 g/mol. The molecule has 0 amide bonds. The van der Waals surface area contributed by atoms with Crippen LogP contribution >= 0.6 is 11.8 Å². The van der Waals surface area contributed by atoms with Crippen LogP contribution in [0.1, 0.15) is 12.5 Å². The normalized spacial score (nSPS) is 10.7. The SMILES string of the molecule is C[C](CSc1ccc(N(C)C)cc1)c1ccccc1. The first-order valence-electron chi connectivity index (χ1n) is 6.45. The molecule has 0 heterocycles. The van der Waals surface area contributed by atoms with Crippen molar-refractivity contribution < 1.29 is 0 Å². The predicted molar refractivity (Wildman–Crippen MR) is 86.0 cm³/mol. The average Bonchev–Trinajstić information content (AvgIpc) is 2.46. The van der Waals surface area contributed by atoms with Crippen LogP contribution < -0.4 is 4.90 Å². The Morgan fingerprint density at radius 3 is 2.16 bits per heavy atom. The van der Waals surface area contributed by atoms with E-state index in [2.05, 4.69) is 80.5 Å². The second-order valence-electron chi connectivity index (χ2n) is 4.82. The molecule has 1 nitrogen and oxygen atoms in total. The molecule has 0 spiro atoms. The molecular formula is C17H20NS. The highest BCUT2D eigenvalue weighted by atomic mass is 32.2. The van der Waals surface area contributed by atoms with E-state index in [4.69, 9.17) is 0 Å². The fourth-order valence-electron chi connectivity index (χ4n) is 1.84. The van der Waals surface area contributed by atoms with Gasteiger partial charge in [-0.25, -0.2) is 0 Å². The van der Waals surface area contributed by atoms with Gasteiger partial charge in [0.2, 0.25) is 0 Å². The minimum atomic E-state index is 1.03. The number of hydrogen-bond acceptors (Lipinski definition) is 2. The molecule has 0 fully saturated rings. The molecule has 2 aromatic rings. The molecule has 2 heteroatoms. The molecule has 0 atom stereocenters. The number of benzene rings is 2. The number of nitrogens with zero attached hydrogens (tertiary/aromatic N) is 1. The minimum Gasteiger partial charge on any atom is -0.378 e. The molecule has 0 N–H and O–H groups in total. The monoisotopic (exact) mass is 270 g/mol. The highest BCUT2D eigenvalue weighted by Crippen LogP contribution is 2.26. The van der Waals surface area contributed by atoms with Crippen LogP contribution in [-0.2, 0) is 0 Å². The van der Waals surface area contributed by atoms with Crippen molar-refractivity contribution in [1.29, 1.82) is 0 Å². The van der Waals surface area contributed by atoms with Gasteiger partial charge in [0.25, 0.3) is 0 Å². The highest BCUT2D eigenvalue weighted by molar-refractivity contribution is 7.99. The lowest BCUT2D eigenvalue weighted by Crippen LogP contribution is -2.07. The smallest absolute Gasteiger partial charge is 0.0361 e. The maximum Gasteiger partial charge on any atom is 0.0361 e. The molecule has 0 aliphatic rings. The summed E-state index contributed by atoms with van der Waals surface area (Å²) in [6.45, 7) is 2.20. The number of hydrogen-bond donors (Lipinski definition) is 0. The molecule has 99 valence electrons. The molecule has 0 bridgehead atoms. The van der Waals surface area contributed by atoms with Gasteiger partial charge in [0.05, 0.1) is 0 Å². The van der Waals surface area contributed by atoms with Gasteiger partial charge in [0.15, 0.2) is 0 Å². The van der Waals surface area contributed by atoms with Gasteiger partial charge in [-0.3, -0.25) is 0 Å². The predicted octanol–water partition coefficient (Wildman–Crippen LogP) is 4.49. The summed E-state index contributed by atoms with van der Waals surface area (Å²) in [6, 6.07) is 19.3. The van der Waals surface area contributed by atoms with Crippen LogP contribution in [0.5, 0.6) is 0 Å². The van der Waals surface area contributed by atoms with Gasteiger partial charge < -0.3 is 4.90 Å². The van der Waals surface area contributed by atoms with Crippen molar-refractivity contribution in [3.63, 3.8) is 0 Å². The van der Waals surface area contributed by atoms with E-state index in [1.54, 1.807) is 0 Å². The average molecular weight is 270 g/mol. The van der Waals surface area contributed by atoms with E-state index in [-0.39, 0.29) is 0 Å². The minimum absolute atomic E-state index is 1.03. The van der Waals surface area contributed by atoms with Crippen molar-refractivity contribution in [3.05, 3.63) is 66.1 Å². The molecule has 0 aromatic heterocycles. The maximum absolute atomic E-state index is 2.20. The van der Waals surface area contributed by atoms with Gasteiger partial charge in [-0.1, -0.05) is 37.3 Å². The zero-order chi connectivity index (χ0) is 13.7. The van der Waals surface area contributed by atoms with E-state index in [1.165, 1.54) is 22.1 Å². The van der Waals surface area contributed by atoms with Gasteiger partial charge >= 0.3 is 0 Å². The fraction of sp³-hybridized carbons (Fsp3) is 0.235. The first kappa shape index (κ1) is 14.0. The molecule has 0 aliphatic heterocycles. The van der Waals surface area contributed by atoms with E-state index in [0.29, 0.717) is 0 Å². The van der Waals surface area contributed by atoms with Gasteiger partial charge in [-0.05, 0) is 29.8 Å². The van der Waals surface area contributed by atoms with E-state index >= 15 is 0 Å². The summed E-state index contributed by atoms with van der Waals surface area (Å²) in [4.78, 5) is 3.44. The Kier molecular flexibility index (Phi) is 4.92. The lowest BCUT2D eigenvalue weighted by molar-refractivity contribution is 1.13. The quantitative estimate of drug-likeness (QED) is 0.737. The Morgan fingerprint density at radius 2 is 1.58 bits per heavy atom. The molecule has 2 rings (SSSR count). The Hall–Kier alpha value is -1.41. The van der Waals surface area contributed by atoms with E-state index in [9.17, 15) is 0 Å². The van der Waals surface area contributed by atoms with E-state index < -0.39 is 0 Å². The van der Waals surface area contributed by atoms with E-state index in [0.717, 1.165) is 5.75 Å². The lowest BCUT2D eigenvalue weighted by Gasteiger charge is -2.13. The number of anilines is 1. The van der Waals surface area contributed by atoms with Gasteiger partial charge in [0, 0.05) is 36.3 Å². The molecule has 0 saturated heterocycles. The Bertz CT molecular complexity index is 490. The highest BCUT2D eigenvalue weighted by Gasteiger charge is 2.06. The fourth-order valence-corrected chi connectivity index (χ4v) is 2.72. The van der Waals surface area contributed by atoms with Crippen LogP contribution in [0.25, 0.3) is 0 Å². The van der Waals surface area contributed by atoms with Crippen molar-refractivity contribution in [2.75, 3.05) is 24.7 Å². The molecule has 1 radical (unpaired) electrons. The Labute approximate surface area is 120 Å². The second kappa shape index (κ2) is 6.67.